The topological polar surface area (TPSA) is 65.9 Å². The van der Waals surface area contributed by atoms with Gasteiger partial charge in [-0.1, -0.05) is 60.7 Å². The zero-order chi connectivity index (χ0) is 18.6. The van der Waals surface area contributed by atoms with E-state index < -0.39 is 6.10 Å². The van der Waals surface area contributed by atoms with Gasteiger partial charge in [-0.05, 0) is 24.5 Å². The van der Waals surface area contributed by atoms with E-state index in [2.05, 4.69) is 15.6 Å². The fourth-order valence-electron chi connectivity index (χ4n) is 2.67. The van der Waals surface area contributed by atoms with Gasteiger partial charge >= 0.3 is 0 Å². The molecule has 0 aromatic heterocycles. The minimum absolute atomic E-state index is 0. The third kappa shape index (κ3) is 8.28. The number of aliphatic hydroxyl groups excluding tert-OH is 1. The van der Waals surface area contributed by atoms with Gasteiger partial charge in [-0.2, -0.15) is 0 Å². The van der Waals surface area contributed by atoms with E-state index in [9.17, 15) is 5.11 Å². The molecule has 3 N–H and O–H groups in total. The van der Waals surface area contributed by atoms with Gasteiger partial charge in [-0.25, -0.2) is 0 Å². The van der Waals surface area contributed by atoms with Crippen molar-refractivity contribution in [2.45, 2.75) is 25.6 Å². The number of nitrogens with one attached hydrogen (secondary N) is 2. The fraction of sp³-hybridized carbons (Fsp3) is 0.381. The molecule has 0 bridgehead atoms. The third-order valence-corrected chi connectivity index (χ3v) is 4.11. The van der Waals surface area contributed by atoms with Crippen molar-refractivity contribution < 1.29 is 9.84 Å². The number of nitrogens with zero attached hydrogens (tertiary/aromatic N) is 1. The third-order valence-electron chi connectivity index (χ3n) is 4.11. The second-order valence-corrected chi connectivity index (χ2v) is 6.00. The van der Waals surface area contributed by atoms with Gasteiger partial charge in [-0.15, -0.1) is 24.0 Å². The molecular formula is C21H30IN3O2. The summed E-state index contributed by atoms with van der Waals surface area (Å²) in [6.07, 6.45) is 0.0464. The van der Waals surface area contributed by atoms with Crippen LogP contribution >= 0.6 is 24.0 Å². The van der Waals surface area contributed by atoms with Crippen molar-refractivity contribution in [2.24, 2.45) is 4.99 Å². The van der Waals surface area contributed by atoms with E-state index in [1.807, 2.05) is 67.6 Å². The summed E-state index contributed by atoms with van der Waals surface area (Å²) in [5, 5.41) is 16.8. The molecular weight excluding hydrogens is 453 g/mol. The lowest BCUT2D eigenvalue weighted by molar-refractivity contribution is 0.111. The zero-order valence-corrected chi connectivity index (χ0v) is 18.3. The maximum Gasteiger partial charge on any atom is 0.191 e. The summed E-state index contributed by atoms with van der Waals surface area (Å²) in [5.74, 6) is 0.728. The first-order valence-corrected chi connectivity index (χ1v) is 9.07. The molecule has 2 rings (SSSR count). The normalized spacial score (nSPS) is 13.4. The first-order valence-electron chi connectivity index (χ1n) is 9.07. The number of ether oxygens (including phenoxy) is 1. The lowest BCUT2D eigenvalue weighted by atomic mass is 10.1. The summed E-state index contributed by atoms with van der Waals surface area (Å²) in [7, 11) is 1.70. The van der Waals surface area contributed by atoms with Gasteiger partial charge in [0.2, 0.25) is 0 Å². The summed E-state index contributed by atoms with van der Waals surface area (Å²) >= 11 is 0. The Balaban J connectivity index is 0.00000364. The highest BCUT2D eigenvalue weighted by atomic mass is 127. The number of aliphatic imine (C=N–C) groups is 1. The Morgan fingerprint density at radius 3 is 2.15 bits per heavy atom. The van der Waals surface area contributed by atoms with Crippen molar-refractivity contribution in [1.29, 1.82) is 0 Å². The summed E-state index contributed by atoms with van der Waals surface area (Å²) < 4.78 is 5.56. The Kier molecular flexibility index (Phi) is 11.7. The molecule has 0 radical (unpaired) electrons. The van der Waals surface area contributed by atoms with Crippen LogP contribution in [0.5, 0.6) is 0 Å². The van der Waals surface area contributed by atoms with Crippen LogP contribution in [0.4, 0.5) is 0 Å². The Hall–Kier alpha value is -1.64. The van der Waals surface area contributed by atoms with Crippen LogP contribution in [-0.4, -0.2) is 37.8 Å². The summed E-state index contributed by atoms with van der Waals surface area (Å²) in [5.41, 5.74) is 2.04. The highest BCUT2D eigenvalue weighted by molar-refractivity contribution is 14.0. The number of hydrogen-bond donors (Lipinski definition) is 3. The lowest BCUT2D eigenvalue weighted by Gasteiger charge is -2.17. The Morgan fingerprint density at radius 2 is 1.59 bits per heavy atom. The second kappa shape index (κ2) is 13.5. The first-order chi connectivity index (χ1) is 12.7. The largest absolute Gasteiger partial charge is 0.388 e. The van der Waals surface area contributed by atoms with Crippen molar-refractivity contribution in [3.8, 4) is 0 Å². The van der Waals surface area contributed by atoms with Crippen LogP contribution in [0.1, 0.15) is 36.7 Å². The molecule has 0 amide bonds. The quantitative estimate of drug-likeness (QED) is 0.289. The SMILES string of the molecule is CCNC(=NCC(OC)c1ccccc1)NCCC(O)c1ccccc1.I. The minimum atomic E-state index is -0.484. The number of hydrogen-bond acceptors (Lipinski definition) is 3. The van der Waals surface area contributed by atoms with E-state index in [4.69, 9.17) is 4.74 Å². The number of benzene rings is 2. The van der Waals surface area contributed by atoms with Crippen molar-refractivity contribution in [3.63, 3.8) is 0 Å². The van der Waals surface area contributed by atoms with Gasteiger partial charge in [0, 0.05) is 20.2 Å². The summed E-state index contributed by atoms with van der Waals surface area (Å²) in [6.45, 7) is 3.96. The molecule has 0 spiro atoms. The van der Waals surface area contributed by atoms with Crippen molar-refractivity contribution >= 4 is 29.9 Å². The van der Waals surface area contributed by atoms with Crippen molar-refractivity contribution in [2.75, 3.05) is 26.7 Å². The monoisotopic (exact) mass is 483 g/mol. The molecule has 2 aromatic rings. The van der Waals surface area contributed by atoms with Crippen LogP contribution in [0.15, 0.2) is 65.7 Å². The predicted molar refractivity (Wildman–Crippen MR) is 122 cm³/mol. The highest BCUT2D eigenvalue weighted by Crippen LogP contribution is 2.16. The molecule has 27 heavy (non-hydrogen) atoms. The standard InChI is InChI=1S/C21H29N3O2.HI/c1-3-22-21(23-15-14-19(25)17-10-6-4-7-11-17)24-16-20(26-2)18-12-8-5-9-13-18;/h4-13,19-20,25H,3,14-16H2,1-2H3,(H2,22,23,24);1H. The maximum absolute atomic E-state index is 10.2. The highest BCUT2D eigenvalue weighted by Gasteiger charge is 2.10. The molecule has 2 aromatic carbocycles. The van der Waals surface area contributed by atoms with E-state index in [1.54, 1.807) is 7.11 Å². The van der Waals surface area contributed by atoms with E-state index in [-0.39, 0.29) is 30.1 Å². The van der Waals surface area contributed by atoms with Crippen LogP contribution in [0.2, 0.25) is 0 Å². The average Bonchev–Trinajstić information content (AvgIpc) is 2.69. The molecule has 2 unspecified atom stereocenters. The lowest BCUT2D eigenvalue weighted by Crippen LogP contribution is -2.38. The second-order valence-electron chi connectivity index (χ2n) is 6.00. The number of methoxy groups -OCH3 is 1. The first kappa shape index (κ1) is 23.4. The van der Waals surface area contributed by atoms with Gasteiger partial charge in [0.15, 0.2) is 5.96 Å². The molecule has 6 heteroatoms. The van der Waals surface area contributed by atoms with Crippen LogP contribution in [0, 0.1) is 0 Å². The van der Waals surface area contributed by atoms with Gasteiger partial charge in [0.05, 0.1) is 12.6 Å². The van der Waals surface area contributed by atoms with Crippen molar-refractivity contribution in [1.82, 2.24) is 10.6 Å². The van der Waals surface area contributed by atoms with Crippen LogP contribution in [0.3, 0.4) is 0 Å². The predicted octanol–water partition coefficient (Wildman–Crippen LogP) is 3.67. The molecule has 0 aliphatic carbocycles. The minimum Gasteiger partial charge on any atom is -0.388 e. The molecule has 0 saturated heterocycles. The van der Waals surface area contributed by atoms with Gasteiger partial charge in [-0.3, -0.25) is 4.99 Å². The zero-order valence-electron chi connectivity index (χ0n) is 16.0. The Labute approximate surface area is 179 Å². The molecule has 0 aliphatic rings. The van der Waals surface area contributed by atoms with E-state index in [1.165, 1.54) is 0 Å². The molecule has 0 saturated carbocycles. The Bertz CT molecular complexity index is 653. The smallest absolute Gasteiger partial charge is 0.191 e. The van der Waals surface area contributed by atoms with E-state index in [0.29, 0.717) is 19.5 Å². The van der Waals surface area contributed by atoms with Crippen LogP contribution < -0.4 is 10.6 Å². The van der Waals surface area contributed by atoms with Crippen molar-refractivity contribution in [3.05, 3.63) is 71.8 Å². The molecule has 0 heterocycles. The van der Waals surface area contributed by atoms with Gasteiger partial charge in [0.1, 0.15) is 6.10 Å². The number of halogens is 1. The van der Waals surface area contributed by atoms with Gasteiger partial charge < -0.3 is 20.5 Å². The average molecular weight is 483 g/mol. The molecule has 5 nitrogen and oxygen atoms in total. The van der Waals surface area contributed by atoms with E-state index >= 15 is 0 Å². The summed E-state index contributed by atoms with van der Waals surface area (Å²) in [4.78, 5) is 4.62. The van der Waals surface area contributed by atoms with Crippen LogP contribution in [0.25, 0.3) is 0 Å². The van der Waals surface area contributed by atoms with E-state index in [0.717, 1.165) is 23.6 Å². The molecule has 148 valence electrons. The van der Waals surface area contributed by atoms with Crippen LogP contribution in [-0.2, 0) is 4.74 Å². The molecule has 2 atom stereocenters. The molecule has 0 aliphatic heterocycles. The fourth-order valence-corrected chi connectivity index (χ4v) is 2.67. The number of rotatable bonds is 9. The maximum atomic E-state index is 10.2. The Morgan fingerprint density at radius 1 is 1.00 bits per heavy atom. The summed E-state index contributed by atoms with van der Waals surface area (Å²) in [6, 6.07) is 19.8. The van der Waals surface area contributed by atoms with Gasteiger partial charge in [0.25, 0.3) is 0 Å². The molecule has 0 fully saturated rings. The number of guanidine groups is 1. The number of aliphatic hydroxyl groups is 1.